The molecule has 0 unspecified atom stereocenters. The lowest BCUT2D eigenvalue weighted by molar-refractivity contribution is 0.0655. The first-order chi connectivity index (χ1) is 11.2. The molecule has 1 aliphatic heterocycles. The minimum atomic E-state index is 0.492. The third-order valence-corrected chi connectivity index (χ3v) is 4.88. The highest BCUT2D eigenvalue weighted by atomic mass is 16.4. The Labute approximate surface area is 136 Å². The van der Waals surface area contributed by atoms with Crippen LogP contribution in [-0.4, -0.2) is 55.2 Å². The Balaban J connectivity index is 1.32. The summed E-state index contributed by atoms with van der Waals surface area (Å²) in [4.78, 5) is 9.33. The van der Waals surface area contributed by atoms with E-state index in [0.29, 0.717) is 12.0 Å². The van der Waals surface area contributed by atoms with Gasteiger partial charge in [0.1, 0.15) is 5.82 Å². The fourth-order valence-corrected chi connectivity index (χ4v) is 3.20. The summed E-state index contributed by atoms with van der Waals surface area (Å²) in [5, 5.41) is 8.38. The fraction of sp³-hybridized carbons (Fsp3) is 0.688. The van der Waals surface area contributed by atoms with Crippen LogP contribution in [0.1, 0.15) is 43.3 Å². The van der Waals surface area contributed by atoms with Crippen molar-refractivity contribution in [3.8, 4) is 0 Å². The number of nitrogens with zero attached hydrogens (tertiary/aromatic N) is 6. The molecule has 3 heterocycles. The fourth-order valence-electron chi connectivity index (χ4n) is 3.20. The summed E-state index contributed by atoms with van der Waals surface area (Å²) >= 11 is 0. The molecule has 2 aromatic heterocycles. The molecule has 0 bridgehead atoms. The lowest BCUT2D eigenvalue weighted by Gasteiger charge is -2.39. The van der Waals surface area contributed by atoms with Gasteiger partial charge in [-0.05, 0) is 19.8 Å². The van der Waals surface area contributed by atoms with E-state index in [4.69, 9.17) is 4.42 Å². The maximum Gasteiger partial charge on any atom is 0.230 e. The van der Waals surface area contributed by atoms with Crippen LogP contribution in [0.15, 0.2) is 16.8 Å². The van der Waals surface area contributed by atoms with E-state index in [2.05, 4.69) is 43.5 Å². The average molecular weight is 316 g/mol. The zero-order valence-corrected chi connectivity index (χ0v) is 13.9. The number of imidazole rings is 1. The number of aromatic nitrogens is 4. The zero-order valence-electron chi connectivity index (χ0n) is 13.9. The van der Waals surface area contributed by atoms with E-state index in [9.17, 15) is 0 Å². The van der Waals surface area contributed by atoms with E-state index < -0.39 is 0 Å². The van der Waals surface area contributed by atoms with E-state index in [1.807, 2.05) is 12.4 Å². The Morgan fingerprint density at radius 1 is 1.22 bits per heavy atom. The summed E-state index contributed by atoms with van der Waals surface area (Å²) in [7, 11) is 2.05. The third-order valence-electron chi connectivity index (χ3n) is 4.88. The molecule has 7 heteroatoms. The topological polar surface area (TPSA) is 63.2 Å². The van der Waals surface area contributed by atoms with Crippen molar-refractivity contribution in [1.29, 1.82) is 0 Å². The van der Waals surface area contributed by atoms with Crippen molar-refractivity contribution in [2.45, 2.75) is 44.8 Å². The van der Waals surface area contributed by atoms with Gasteiger partial charge >= 0.3 is 0 Å². The summed E-state index contributed by atoms with van der Waals surface area (Å²) in [5.74, 6) is 3.25. The molecule has 0 N–H and O–H groups in total. The minimum absolute atomic E-state index is 0.492. The van der Waals surface area contributed by atoms with E-state index in [1.165, 1.54) is 12.8 Å². The van der Waals surface area contributed by atoms with Crippen molar-refractivity contribution < 1.29 is 4.42 Å². The van der Waals surface area contributed by atoms with Gasteiger partial charge in [-0.3, -0.25) is 9.80 Å². The maximum atomic E-state index is 5.78. The van der Waals surface area contributed by atoms with Gasteiger partial charge in [0, 0.05) is 51.0 Å². The van der Waals surface area contributed by atoms with Crippen molar-refractivity contribution in [2.75, 3.05) is 19.6 Å². The summed E-state index contributed by atoms with van der Waals surface area (Å²) in [6, 6.07) is 0.492. The predicted octanol–water partition coefficient (Wildman–Crippen LogP) is 1.39. The second-order valence-corrected chi connectivity index (χ2v) is 6.82. The molecule has 1 saturated carbocycles. The van der Waals surface area contributed by atoms with Crippen molar-refractivity contribution in [1.82, 2.24) is 29.5 Å². The van der Waals surface area contributed by atoms with Crippen LogP contribution in [0.3, 0.4) is 0 Å². The molecule has 1 saturated heterocycles. The van der Waals surface area contributed by atoms with Crippen LogP contribution in [0.25, 0.3) is 0 Å². The molecular weight excluding hydrogens is 292 g/mol. The standard InChI is InChI=1S/C16H24N6O/c1-12-9-21(11-15-18-19-16(23-15)13-3-4-13)7-8-22(12)10-14-17-5-6-20(14)2/h5-6,12-13H,3-4,7-11H2,1-2H3/t12-/m1/s1. The van der Waals surface area contributed by atoms with E-state index in [0.717, 1.165) is 50.3 Å². The van der Waals surface area contributed by atoms with Crippen LogP contribution in [0, 0.1) is 0 Å². The highest BCUT2D eigenvalue weighted by Crippen LogP contribution is 2.39. The Kier molecular flexibility index (Phi) is 3.90. The van der Waals surface area contributed by atoms with Crippen molar-refractivity contribution >= 4 is 0 Å². The van der Waals surface area contributed by atoms with Gasteiger partial charge in [0.15, 0.2) is 0 Å². The lowest BCUT2D eigenvalue weighted by Crippen LogP contribution is -2.51. The molecule has 7 nitrogen and oxygen atoms in total. The first kappa shape index (κ1) is 14.8. The molecule has 0 spiro atoms. The van der Waals surface area contributed by atoms with Crippen LogP contribution in [-0.2, 0) is 20.1 Å². The van der Waals surface area contributed by atoms with Gasteiger partial charge in [0.25, 0.3) is 0 Å². The van der Waals surface area contributed by atoms with Gasteiger partial charge in [-0.2, -0.15) is 0 Å². The lowest BCUT2D eigenvalue weighted by atomic mass is 10.2. The van der Waals surface area contributed by atoms with Gasteiger partial charge in [-0.1, -0.05) is 0 Å². The molecule has 0 radical (unpaired) electrons. The number of rotatable bonds is 5. The first-order valence-electron chi connectivity index (χ1n) is 8.44. The molecule has 0 amide bonds. The highest BCUT2D eigenvalue weighted by molar-refractivity contribution is 5.00. The van der Waals surface area contributed by atoms with Crippen LogP contribution in [0.4, 0.5) is 0 Å². The van der Waals surface area contributed by atoms with Crippen molar-refractivity contribution in [2.24, 2.45) is 7.05 Å². The zero-order chi connectivity index (χ0) is 15.8. The number of hydrogen-bond donors (Lipinski definition) is 0. The van der Waals surface area contributed by atoms with Crippen molar-refractivity contribution in [3.63, 3.8) is 0 Å². The van der Waals surface area contributed by atoms with Gasteiger partial charge in [-0.15, -0.1) is 10.2 Å². The van der Waals surface area contributed by atoms with Crippen LogP contribution in [0.5, 0.6) is 0 Å². The smallest absolute Gasteiger partial charge is 0.230 e. The van der Waals surface area contributed by atoms with Crippen LogP contribution < -0.4 is 0 Å². The molecule has 2 fully saturated rings. The van der Waals surface area contributed by atoms with Gasteiger partial charge in [-0.25, -0.2) is 4.98 Å². The first-order valence-corrected chi connectivity index (χ1v) is 8.44. The summed E-state index contributed by atoms with van der Waals surface area (Å²) in [5.41, 5.74) is 0. The largest absolute Gasteiger partial charge is 0.424 e. The quantitative estimate of drug-likeness (QED) is 0.830. The molecule has 4 rings (SSSR count). The van der Waals surface area contributed by atoms with Gasteiger partial charge in [0.2, 0.25) is 11.8 Å². The van der Waals surface area contributed by atoms with E-state index in [-0.39, 0.29) is 0 Å². The minimum Gasteiger partial charge on any atom is -0.424 e. The predicted molar refractivity (Wildman–Crippen MR) is 84.6 cm³/mol. The summed E-state index contributed by atoms with van der Waals surface area (Å²) in [6.07, 6.45) is 6.27. The number of hydrogen-bond acceptors (Lipinski definition) is 6. The molecule has 2 aromatic rings. The Morgan fingerprint density at radius 2 is 2.09 bits per heavy atom. The SMILES string of the molecule is C[C@@H]1CN(Cc2nnc(C3CC3)o2)CCN1Cc1nccn1C. The number of piperazine rings is 1. The average Bonchev–Trinajstić information content (AvgIpc) is 3.15. The molecule has 1 atom stereocenters. The maximum absolute atomic E-state index is 5.78. The number of aryl methyl sites for hydroxylation is 1. The molecule has 23 heavy (non-hydrogen) atoms. The normalized spacial score (nSPS) is 23.5. The molecule has 2 aliphatic rings. The summed E-state index contributed by atoms with van der Waals surface area (Å²) in [6.45, 7) is 7.03. The van der Waals surface area contributed by atoms with Crippen LogP contribution in [0.2, 0.25) is 0 Å². The second kappa shape index (κ2) is 6.05. The van der Waals surface area contributed by atoms with Gasteiger partial charge in [0.05, 0.1) is 13.1 Å². The second-order valence-electron chi connectivity index (χ2n) is 6.82. The molecular formula is C16H24N6O. The van der Waals surface area contributed by atoms with Gasteiger partial charge < -0.3 is 8.98 Å². The van der Waals surface area contributed by atoms with Crippen LogP contribution >= 0.6 is 0 Å². The Morgan fingerprint density at radius 3 is 2.78 bits per heavy atom. The monoisotopic (exact) mass is 316 g/mol. The Bertz CT molecular complexity index is 661. The van der Waals surface area contributed by atoms with Crippen molar-refractivity contribution in [3.05, 3.63) is 30.0 Å². The summed E-state index contributed by atoms with van der Waals surface area (Å²) < 4.78 is 7.88. The Hall–Kier alpha value is -1.73. The molecule has 124 valence electrons. The highest BCUT2D eigenvalue weighted by Gasteiger charge is 2.30. The van der Waals surface area contributed by atoms with E-state index in [1.54, 1.807) is 0 Å². The third kappa shape index (κ3) is 3.30. The molecule has 0 aromatic carbocycles. The molecule has 1 aliphatic carbocycles. The van der Waals surface area contributed by atoms with E-state index >= 15 is 0 Å².